The van der Waals surface area contributed by atoms with Crippen LogP contribution in [-0.4, -0.2) is 15.7 Å². The van der Waals surface area contributed by atoms with E-state index in [0.29, 0.717) is 21.5 Å². The molecule has 2 rings (SSSR count). The van der Waals surface area contributed by atoms with Gasteiger partial charge in [0.1, 0.15) is 5.69 Å². The van der Waals surface area contributed by atoms with Crippen LogP contribution < -0.4 is 0 Å². The number of hydrogen-bond acceptors (Lipinski definition) is 2. The molecule has 66 valence electrons. The smallest absolute Gasteiger partial charge is 0.168 e. The minimum Gasteiger partial charge on any atom is -0.296 e. The van der Waals surface area contributed by atoms with Crippen LogP contribution in [0.3, 0.4) is 0 Å². The molecular weight excluding hydrogens is 255 g/mol. The predicted octanol–water partition coefficient (Wildman–Crippen LogP) is 2.56. The van der Waals surface area contributed by atoms with Gasteiger partial charge in [-0.2, -0.15) is 0 Å². The lowest BCUT2D eigenvalue weighted by atomic mass is 10.3. The van der Waals surface area contributed by atoms with E-state index in [-0.39, 0.29) is 0 Å². The van der Waals surface area contributed by atoms with E-state index in [9.17, 15) is 4.79 Å². The second-order valence-corrected chi connectivity index (χ2v) is 3.73. The van der Waals surface area contributed by atoms with Crippen LogP contribution >= 0.6 is 27.5 Å². The Bertz CT molecular complexity index is 480. The summed E-state index contributed by atoms with van der Waals surface area (Å²) >= 11 is 9.16. The molecule has 3 nitrogen and oxygen atoms in total. The normalized spacial score (nSPS) is 10.6. The second kappa shape index (κ2) is 3.12. The first-order valence-electron chi connectivity index (χ1n) is 3.49. The topological polar surface area (TPSA) is 34.4 Å². The van der Waals surface area contributed by atoms with Crippen LogP contribution in [0.1, 0.15) is 10.5 Å². The first-order valence-corrected chi connectivity index (χ1v) is 4.66. The maximum absolute atomic E-state index is 10.7. The number of fused-ring (bicyclic) bond motifs is 1. The van der Waals surface area contributed by atoms with E-state index < -0.39 is 0 Å². The summed E-state index contributed by atoms with van der Waals surface area (Å²) in [6, 6.07) is 1.81. The zero-order valence-electron chi connectivity index (χ0n) is 6.37. The Morgan fingerprint density at radius 1 is 1.62 bits per heavy atom. The van der Waals surface area contributed by atoms with Crippen molar-refractivity contribution in [3.8, 4) is 0 Å². The summed E-state index contributed by atoms with van der Waals surface area (Å²) < 4.78 is 2.34. The van der Waals surface area contributed by atoms with E-state index in [4.69, 9.17) is 11.6 Å². The Balaban J connectivity index is 2.95. The van der Waals surface area contributed by atoms with Gasteiger partial charge in [-0.05, 0) is 22.0 Å². The van der Waals surface area contributed by atoms with Crippen LogP contribution in [0.15, 0.2) is 23.1 Å². The number of pyridine rings is 1. The van der Waals surface area contributed by atoms with Crippen molar-refractivity contribution in [2.24, 2.45) is 0 Å². The van der Waals surface area contributed by atoms with Gasteiger partial charge < -0.3 is 0 Å². The highest BCUT2D eigenvalue weighted by Gasteiger charge is 2.08. The Morgan fingerprint density at radius 3 is 3.08 bits per heavy atom. The number of halogens is 2. The van der Waals surface area contributed by atoms with E-state index in [1.165, 1.54) is 0 Å². The van der Waals surface area contributed by atoms with Gasteiger partial charge in [-0.3, -0.25) is 9.20 Å². The summed E-state index contributed by atoms with van der Waals surface area (Å²) in [7, 11) is 0. The standard InChI is InChI=1S/C8H4BrClN2O/c9-6-1-5-2-11-4-12(5)7(3-13)8(6)10/h1-4H. The van der Waals surface area contributed by atoms with Crippen molar-refractivity contribution >= 4 is 39.3 Å². The number of aldehydes is 1. The van der Waals surface area contributed by atoms with Crippen molar-refractivity contribution in [1.82, 2.24) is 9.38 Å². The van der Waals surface area contributed by atoms with Crippen molar-refractivity contribution in [1.29, 1.82) is 0 Å². The number of hydrogen-bond donors (Lipinski definition) is 0. The molecule has 0 aliphatic rings. The molecule has 0 atom stereocenters. The Morgan fingerprint density at radius 2 is 2.38 bits per heavy atom. The van der Waals surface area contributed by atoms with Gasteiger partial charge in [0.05, 0.1) is 23.1 Å². The van der Waals surface area contributed by atoms with Crippen LogP contribution in [0.2, 0.25) is 5.02 Å². The molecule has 0 radical (unpaired) electrons. The van der Waals surface area contributed by atoms with Crippen LogP contribution in [0, 0.1) is 0 Å². The molecular formula is C8H4BrClN2O. The summed E-state index contributed by atoms with van der Waals surface area (Å²) in [5, 5.41) is 0.403. The summed E-state index contributed by atoms with van der Waals surface area (Å²) in [4.78, 5) is 14.7. The molecule has 5 heteroatoms. The molecule has 2 aromatic rings. The largest absolute Gasteiger partial charge is 0.296 e. The zero-order chi connectivity index (χ0) is 9.42. The molecule has 0 spiro atoms. The first-order chi connectivity index (χ1) is 6.24. The van der Waals surface area contributed by atoms with Gasteiger partial charge in [0.25, 0.3) is 0 Å². The lowest BCUT2D eigenvalue weighted by Crippen LogP contribution is -1.95. The van der Waals surface area contributed by atoms with Gasteiger partial charge in [-0.1, -0.05) is 11.6 Å². The molecule has 0 saturated carbocycles. The Hall–Kier alpha value is -0.870. The van der Waals surface area contributed by atoms with Crippen molar-refractivity contribution in [2.75, 3.05) is 0 Å². The monoisotopic (exact) mass is 258 g/mol. The number of imidazole rings is 1. The fourth-order valence-electron chi connectivity index (χ4n) is 1.14. The third-order valence-corrected chi connectivity index (χ3v) is 3.00. The summed E-state index contributed by atoms with van der Waals surface area (Å²) in [5.74, 6) is 0. The summed E-state index contributed by atoms with van der Waals surface area (Å²) in [6.45, 7) is 0. The fraction of sp³-hybridized carbons (Fsp3) is 0. The van der Waals surface area contributed by atoms with Crippen molar-refractivity contribution < 1.29 is 4.79 Å². The van der Waals surface area contributed by atoms with Crippen molar-refractivity contribution in [2.45, 2.75) is 0 Å². The average Bonchev–Trinajstić information content (AvgIpc) is 2.54. The molecule has 0 amide bonds. The number of rotatable bonds is 1. The van der Waals surface area contributed by atoms with Gasteiger partial charge in [0.2, 0.25) is 0 Å². The van der Waals surface area contributed by atoms with Crippen molar-refractivity contribution in [3.05, 3.63) is 33.8 Å². The summed E-state index contributed by atoms with van der Waals surface area (Å²) in [6.07, 6.45) is 3.92. The molecule has 0 aliphatic carbocycles. The van der Waals surface area contributed by atoms with E-state index in [2.05, 4.69) is 20.9 Å². The fourth-order valence-corrected chi connectivity index (χ4v) is 1.77. The lowest BCUT2D eigenvalue weighted by molar-refractivity contribution is 0.111. The minimum absolute atomic E-state index is 0.403. The first kappa shape index (κ1) is 8.72. The van der Waals surface area contributed by atoms with Crippen LogP contribution in [-0.2, 0) is 0 Å². The third kappa shape index (κ3) is 1.26. The van der Waals surface area contributed by atoms with Gasteiger partial charge in [-0.15, -0.1) is 0 Å². The average molecular weight is 259 g/mol. The molecule has 2 heterocycles. The van der Waals surface area contributed by atoms with Crippen molar-refractivity contribution in [3.63, 3.8) is 0 Å². The maximum atomic E-state index is 10.7. The van der Waals surface area contributed by atoms with E-state index in [1.807, 2.05) is 6.07 Å². The molecule has 0 bridgehead atoms. The van der Waals surface area contributed by atoms with Gasteiger partial charge in [0.15, 0.2) is 6.29 Å². The van der Waals surface area contributed by atoms with Gasteiger partial charge in [-0.25, -0.2) is 4.98 Å². The third-order valence-electron chi connectivity index (χ3n) is 1.75. The second-order valence-electron chi connectivity index (χ2n) is 2.50. The summed E-state index contributed by atoms with van der Waals surface area (Å²) in [5.41, 5.74) is 1.24. The van der Waals surface area contributed by atoms with Crippen LogP contribution in [0.5, 0.6) is 0 Å². The van der Waals surface area contributed by atoms with E-state index in [0.717, 1.165) is 5.52 Å². The van der Waals surface area contributed by atoms with Crippen LogP contribution in [0.25, 0.3) is 5.52 Å². The number of aromatic nitrogens is 2. The molecule has 0 saturated heterocycles. The molecule has 0 aliphatic heterocycles. The number of carbonyl (C=O) groups is 1. The highest BCUT2D eigenvalue weighted by molar-refractivity contribution is 9.10. The maximum Gasteiger partial charge on any atom is 0.168 e. The highest BCUT2D eigenvalue weighted by atomic mass is 79.9. The quantitative estimate of drug-likeness (QED) is 0.738. The van der Waals surface area contributed by atoms with Gasteiger partial charge in [0, 0.05) is 4.47 Å². The zero-order valence-corrected chi connectivity index (χ0v) is 8.71. The SMILES string of the molecule is O=Cc1c(Cl)c(Br)cc2cncn12. The van der Waals surface area contributed by atoms with Crippen LogP contribution in [0.4, 0.5) is 0 Å². The lowest BCUT2D eigenvalue weighted by Gasteiger charge is -2.02. The van der Waals surface area contributed by atoms with Gasteiger partial charge >= 0.3 is 0 Å². The molecule has 2 aromatic heterocycles. The Kier molecular flexibility index (Phi) is 2.09. The van der Waals surface area contributed by atoms with E-state index in [1.54, 1.807) is 16.9 Å². The van der Waals surface area contributed by atoms with E-state index >= 15 is 0 Å². The molecule has 0 unspecified atom stereocenters. The number of carbonyl (C=O) groups excluding carboxylic acids is 1. The minimum atomic E-state index is 0.403. The molecule has 0 aromatic carbocycles. The number of nitrogens with zero attached hydrogens (tertiary/aromatic N) is 2. The predicted molar refractivity (Wildman–Crippen MR) is 53.3 cm³/mol. The highest BCUT2D eigenvalue weighted by Crippen LogP contribution is 2.27. The Labute approximate surface area is 87.5 Å². The molecule has 13 heavy (non-hydrogen) atoms. The molecule has 0 fully saturated rings. The molecule has 0 N–H and O–H groups in total.